The Balaban J connectivity index is 1.75. The third kappa shape index (κ3) is 3.83. The maximum atomic E-state index is 11.4. The Labute approximate surface area is 116 Å². The van der Waals surface area contributed by atoms with Crippen LogP contribution in [-0.4, -0.2) is 23.4 Å². The smallest absolute Gasteiger partial charge is 0.246 e. The Hall–Kier alpha value is -2.34. The number of hydroxylamine groups is 1. The number of benzene rings is 1. The molecule has 0 atom stereocenters. The minimum absolute atomic E-state index is 0.258. The van der Waals surface area contributed by atoms with E-state index in [1.165, 1.54) is 10.9 Å². The molecule has 0 unspecified atom stereocenters. The van der Waals surface area contributed by atoms with Gasteiger partial charge >= 0.3 is 0 Å². The van der Waals surface area contributed by atoms with E-state index in [1.807, 2.05) is 24.4 Å². The lowest BCUT2D eigenvalue weighted by molar-refractivity contribution is -0.138. The fraction of sp³-hybridized carbons (Fsp3) is 0.286. The molecule has 0 aliphatic rings. The molecule has 0 bridgehead atoms. The van der Waals surface area contributed by atoms with Gasteiger partial charge in [0.1, 0.15) is 0 Å². The van der Waals surface area contributed by atoms with E-state index < -0.39 is 5.91 Å². The second-order valence-corrected chi connectivity index (χ2v) is 4.49. The summed E-state index contributed by atoms with van der Waals surface area (Å²) in [5, 5.41) is 1.18. The van der Waals surface area contributed by atoms with E-state index in [0.717, 1.165) is 11.9 Å². The molecule has 2 amide bonds. The van der Waals surface area contributed by atoms with Gasteiger partial charge in [0.25, 0.3) is 0 Å². The number of rotatable bonds is 7. The van der Waals surface area contributed by atoms with E-state index in [9.17, 15) is 9.59 Å². The second kappa shape index (κ2) is 6.72. The number of primary amides is 1. The van der Waals surface area contributed by atoms with Gasteiger partial charge in [0.2, 0.25) is 11.8 Å². The van der Waals surface area contributed by atoms with Crippen molar-refractivity contribution in [3.8, 4) is 0 Å². The fourth-order valence-corrected chi connectivity index (χ4v) is 2.02. The van der Waals surface area contributed by atoms with Crippen molar-refractivity contribution in [1.82, 2.24) is 10.5 Å². The molecule has 20 heavy (non-hydrogen) atoms. The first-order chi connectivity index (χ1) is 9.66. The van der Waals surface area contributed by atoms with Crippen LogP contribution in [0.5, 0.6) is 0 Å². The van der Waals surface area contributed by atoms with Gasteiger partial charge in [-0.25, -0.2) is 5.48 Å². The number of aromatic amines is 1. The monoisotopic (exact) mass is 275 g/mol. The molecule has 106 valence electrons. The Morgan fingerprint density at radius 3 is 2.90 bits per heavy atom. The number of aromatic nitrogens is 1. The van der Waals surface area contributed by atoms with Crippen LogP contribution in [0.2, 0.25) is 0 Å². The lowest BCUT2D eigenvalue weighted by atomic mass is 10.1. The van der Waals surface area contributed by atoms with Gasteiger partial charge < -0.3 is 10.7 Å². The van der Waals surface area contributed by atoms with Gasteiger partial charge in [-0.1, -0.05) is 18.2 Å². The molecule has 0 aliphatic carbocycles. The maximum absolute atomic E-state index is 11.4. The number of hydrogen-bond acceptors (Lipinski definition) is 3. The molecule has 0 saturated heterocycles. The van der Waals surface area contributed by atoms with Crippen molar-refractivity contribution in [2.24, 2.45) is 5.73 Å². The van der Waals surface area contributed by atoms with Crippen molar-refractivity contribution < 1.29 is 14.4 Å². The quantitative estimate of drug-likeness (QED) is 0.658. The third-order valence-electron chi connectivity index (χ3n) is 2.93. The number of nitrogens with two attached hydrogens (primary N) is 1. The second-order valence-electron chi connectivity index (χ2n) is 4.49. The molecule has 0 saturated carbocycles. The fourth-order valence-electron chi connectivity index (χ4n) is 2.02. The number of aryl methyl sites for hydroxylation is 1. The maximum Gasteiger partial charge on any atom is 0.246 e. The van der Waals surface area contributed by atoms with Crippen LogP contribution in [0.4, 0.5) is 0 Å². The summed E-state index contributed by atoms with van der Waals surface area (Å²) >= 11 is 0. The minimum Gasteiger partial charge on any atom is -0.368 e. The van der Waals surface area contributed by atoms with E-state index in [4.69, 9.17) is 5.73 Å². The van der Waals surface area contributed by atoms with Crippen LogP contribution in [0.25, 0.3) is 10.9 Å². The summed E-state index contributed by atoms with van der Waals surface area (Å²) in [5.41, 5.74) is 9.34. The molecular weight excluding hydrogens is 258 g/mol. The average Bonchev–Trinajstić information content (AvgIpc) is 2.82. The van der Waals surface area contributed by atoms with Crippen molar-refractivity contribution in [3.63, 3.8) is 0 Å². The van der Waals surface area contributed by atoms with E-state index in [0.29, 0.717) is 12.8 Å². The van der Waals surface area contributed by atoms with Crippen molar-refractivity contribution in [1.29, 1.82) is 0 Å². The zero-order valence-electron chi connectivity index (χ0n) is 11.0. The first kappa shape index (κ1) is 14.1. The number of carbonyl (C=O) groups is 2. The SMILES string of the molecule is NC(=O)CONC(=O)CCCc1c[nH]c2ccccc12. The van der Waals surface area contributed by atoms with E-state index >= 15 is 0 Å². The summed E-state index contributed by atoms with van der Waals surface area (Å²) < 4.78 is 0. The highest BCUT2D eigenvalue weighted by atomic mass is 16.7. The normalized spacial score (nSPS) is 10.6. The highest BCUT2D eigenvalue weighted by molar-refractivity contribution is 5.83. The van der Waals surface area contributed by atoms with Gasteiger partial charge in [-0.3, -0.25) is 14.4 Å². The number of para-hydroxylation sites is 1. The van der Waals surface area contributed by atoms with E-state index in [-0.39, 0.29) is 12.5 Å². The Bertz CT molecular complexity index is 606. The average molecular weight is 275 g/mol. The Morgan fingerprint density at radius 2 is 2.10 bits per heavy atom. The first-order valence-corrected chi connectivity index (χ1v) is 6.41. The third-order valence-corrected chi connectivity index (χ3v) is 2.93. The summed E-state index contributed by atoms with van der Waals surface area (Å²) in [5.74, 6) is -0.879. The van der Waals surface area contributed by atoms with Gasteiger partial charge in [0.15, 0.2) is 6.61 Å². The molecule has 0 spiro atoms. The van der Waals surface area contributed by atoms with Crippen LogP contribution in [0.1, 0.15) is 18.4 Å². The molecule has 1 aromatic heterocycles. The summed E-state index contributed by atoms with van der Waals surface area (Å²) in [6, 6.07) is 8.04. The molecule has 0 aliphatic heterocycles. The van der Waals surface area contributed by atoms with Crippen molar-refractivity contribution in [2.75, 3.05) is 6.61 Å². The molecule has 1 aromatic carbocycles. The first-order valence-electron chi connectivity index (χ1n) is 6.41. The minimum atomic E-state index is -0.621. The van der Waals surface area contributed by atoms with Crippen molar-refractivity contribution in [2.45, 2.75) is 19.3 Å². The highest BCUT2D eigenvalue weighted by Crippen LogP contribution is 2.19. The van der Waals surface area contributed by atoms with Gasteiger partial charge in [-0.05, 0) is 24.5 Å². The van der Waals surface area contributed by atoms with E-state index in [2.05, 4.69) is 21.4 Å². The van der Waals surface area contributed by atoms with Gasteiger partial charge in [0, 0.05) is 23.5 Å². The van der Waals surface area contributed by atoms with Gasteiger partial charge in [0.05, 0.1) is 0 Å². The summed E-state index contributed by atoms with van der Waals surface area (Å²) in [6.45, 7) is -0.311. The molecule has 6 nitrogen and oxygen atoms in total. The van der Waals surface area contributed by atoms with Gasteiger partial charge in [-0.15, -0.1) is 0 Å². The van der Waals surface area contributed by atoms with Crippen LogP contribution < -0.4 is 11.2 Å². The number of nitrogens with one attached hydrogen (secondary N) is 2. The van der Waals surface area contributed by atoms with Crippen LogP contribution in [-0.2, 0) is 20.8 Å². The molecule has 4 N–H and O–H groups in total. The van der Waals surface area contributed by atoms with Crippen LogP contribution in [0.15, 0.2) is 30.5 Å². The van der Waals surface area contributed by atoms with Crippen LogP contribution in [0, 0.1) is 0 Å². The Morgan fingerprint density at radius 1 is 1.30 bits per heavy atom. The highest BCUT2D eigenvalue weighted by Gasteiger charge is 2.05. The topological polar surface area (TPSA) is 97.2 Å². The van der Waals surface area contributed by atoms with Crippen molar-refractivity contribution >= 4 is 22.7 Å². The molecule has 6 heteroatoms. The van der Waals surface area contributed by atoms with Crippen molar-refractivity contribution in [3.05, 3.63) is 36.0 Å². The van der Waals surface area contributed by atoms with E-state index in [1.54, 1.807) is 0 Å². The molecule has 0 radical (unpaired) electrons. The summed E-state index contributed by atoms with van der Waals surface area (Å²) in [7, 11) is 0. The molecule has 1 heterocycles. The largest absolute Gasteiger partial charge is 0.368 e. The lowest BCUT2D eigenvalue weighted by Crippen LogP contribution is -2.29. The lowest BCUT2D eigenvalue weighted by Gasteiger charge is -2.03. The predicted octanol–water partition coefficient (Wildman–Crippen LogP) is 1.02. The number of fused-ring (bicyclic) bond motifs is 1. The molecule has 0 fully saturated rings. The van der Waals surface area contributed by atoms with Crippen LogP contribution >= 0.6 is 0 Å². The van der Waals surface area contributed by atoms with Crippen LogP contribution in [0.3, 0.4) is 0 Å². The summed E-state index contributed by atoms with van der Waals surface area (Å²) in [4.78, 5) is 29.7. The standard InChI is InChI=1S/C14H17N3O3/c15-13(18)9-20-17-14(19)7-3-4-10-8-16-12-6-2-1-5-11(10)12/h1-2,5-6,8,16H,3-4,7,9H2,(H2,15,18)(H,17,19). The Kier molecular flexibility index (Phi) is 4.73. The summed E-state index contributed by atoms with van der Waals surface area (Å²) in [6.07, 6.45) is 3.80. The van der Waals surface area contributed by atoms with Gasteiger partial charge in [-0.2, -0.15) is 0 Å². The molecular formula is C14H17N3O3. The number of carbonyl (C=O) groups excluding carboxylic acids is 2. The zero-order valence-corrected chi connectivity index (χ0v) is 11.0. The zero-order chi connectivity index (χ0) is 14.4. The number of H-pyrrole nitrogens is 1. The molecule has 2 rings (SSSR count). The molecule has 2 aromatic rings. The number of amides is 2. The number of hydrogen-bond donors (Lipinski definition) is 3. The predicted molar refractivity (Wildman–Crippen MR) is 74.5 cm³/mol.